The van der Waals surface area contributed by atoms with Gasteiger partial charge < -0.3 is 9.11 Å². The van der Waals surface area contributed by atoms with Gasteiger partial charge in [0.25, 0.3) is 0 Å². The summed E-state index contributed by atoms with van der Waals surface area (Å²) >= 11 is 0. The van der Waals surface area contributed by atoms with Gasteiger partial charge >= 0.3 is 48.9 Å². The van der Waals surface area contributed by atoms with Crippen molar-refractivity contribution in [2.45, 2.75) is 294 Å². The maximum Gasteiger partial charge on any atom is 2.00 e. The maximum absolute atomic E-state index is 11.8. The second kappa shape index (κ2) is 41.8. The van der Waals surface area contributed by atoms with Gasteiger partial charge in [-0.2, -0.15) is 0 Å². The fourth-order valence-corrected chi connectivity index (χ4v) is 11.6. The van der Waals surface area contributed by atoms with Gasteiger partial charge in [-0.3, -0.25) is 0 Å². The number of benzene rings is 4. The van der Waals surface area contributed by atoms with Crippen LogP contribution in [0, 0.1) is 0 Å². The molecule has 9 heteroatoms. The van der Waals surface area contributed by atoms with Crippen LogP contribution < -0.4 is 0 Å². The van der Waals surface area contributed by atoms with Crippen LogP contribution in [0.15, 0.2) is 70.5 Å². The molecule has 408 valence electrons. The van der Waals surface area contributed by atoms with E-state index in [0.29, 0.717) is 0 Å². The zero-order valence-corrected chi connectivity index (χ0v) is 53.1. The molecule has 6 nitrogen and oxygen atoms in total. The third-order valence-corrected chi connectivity index (χ3v) is 16.6. The molecule has 0 saturated heterocycles. The molecule has 0 heterocycles. The molecule has 0 amide bonds. The zero-order valence-electron chi connectivity index (χ0n) is 47.0. The van der Waals surface area contributed by atoms with Crippen molar-refractivity contribution in [3.8, 4) is 0 Å². The first-order valence-corrected chi connectivity index (χ1v) is 32.8. The van der Waals surface area contributed by atoms with Gasteiger partial charge in [0, 0.05) is 0 Å². The van der Waals surface area contributed by atoms with E-state index in [-0.39, 0.29) is 58.7 Å². The first-order valence-electron chi connectivity index (χ1n) is 29.9. The number of fused-ring (bicyclic) bond motifs is 2. The van der Waals surface area contributed by atoms with Crippen LogP contribution >= 0.6 is 0 Å². The third kappa shape index (κ3) is 30.5. The molecule has 0 spiro atoms. The molecule has 0 fully saturated rings. The van der Waals surface area contributed by atoms with Crippen molar-refractivity contribution in [3.05, 3.63) is 82.9 Å². The number of aryl methyl sites for hydroxylation is 4. The van der Waals surface area contributed by atoms with Crippen LogP contribution in [0.3, 0.4) is 0 Å². The van der Waals surface area contributed by atoms with Crippen molar-refractivity contribution in [1.82, 2.24) is 0 Å². The molecule has 0 aliphatic heterocycles. The number of rotatable bonds is 42. The van der Waals surface area contributed by atoms with Crippen molar-refractivity contribution in [1.29, 1.82) is 0 Å². The van der Waals surface area contributed by atoms with E-state index < -0.39 is 20.2 Å². The SMILES string of the molecule is CCCCCCCCCCCc1ccc2cc(S(=O)(=O)[O-])cc(CCCCCCCCCCC)c2c1.CCCCCCCCCCCc1ccc2cc(S(=O)(=O)[O-])cc(CCCCCCCCCCC)c2c1.[Ba+2]. The van der Waals surface area contributed by atoms with Crippen molar-refractivity contribution in [2.75, 3.05) is 0 Å². The Bertz CT molecular complexity index is 2100. The monoisotopic (exact) mass is 1170 g/mol. The van der Waals surface area contributed by atoms with Gasteiger partial charge in [-0.25, -0.2) is 16.8 Å². The first-order chi connectivity index (χ1) is 34.9. The summed E-state index contributed by atoms with van der Waals surface area (Å²) in [4.78, 5) is -0.180. The van der Waals surface area contributed by atoms with Crippen molar-refractivity contribution in [3.63, 3.8) is 0 Å². The fourth-order valence-electron chi connectivity index (χ4n) is 10.4. The number of hydrogen-bond acceptors (Lipinski definition) is 6. The van der Waals surface area contributed by atoms with Crippen molar-refractivity contribution >= 4 is 90.7 Å². The van der Waals surface area contributed by atoms with Crippen LogP contribution in [0.4, 0.5) is 0 Å². The van der Waals surface area contributed by atoms with Crippen LogP contribution in [-0.2, 0) is 45.9 Å². The first kappa shape index (κ1) is 67.9. The Labute approximate surface area is 489 Å². The molecule has 0 N–H and O–H groups in total. The second-order valence-corrected chi connectivity index (χ2v) is 24.3. The van der Waals surface area contributed by atoms with Crippen LogP contribution in [0.5, 0.6) is 0 Å². The molecule has 0 radical (unpaired) electrons. The Kier molecular flexibility index (Phi) is 38.9. The molecule has 0 unspecified atom stereocenters. The van der Waals surface area contributed by atoms with E-state index in [4.69, 9.17) is 0 Å². The van der Waals surface area contributed by atoms with E-state index >= 15 is 0 Å². The van der Waals surface area contributed by atoms with Crippen molar-refractivity contribution < 1.29 is 25.9 Å². The summed E-state index contributed by atoms with van der Waals surface area (Å²) in [6, 6.07) is 19.1. The van der Waals surface area contributed by atoms with Gasteiger partial charge in [-0.15, -0.1) is 0 Å². The molecule has 0 atom stereocenters. The summed E-state index contributed by atoms with van der Waals surface area (Å²) in [5.74, 6) is 0. The quantitative estimate of drug-likeness (QED) is 0.0248. The minimum Gasteiger partial charge on any atom is -0.744 e. The summed E-state index contributed by atoms with van der Waals surface area (Å²) < 4.78 is 70.6. The zero-order chi connectivity index (χ0) is 52.1. The molecule has 0 saturated carbocycles. The van der Waals surface area contributed by atoms with E-state index in [1.54, 1.807) is 24.3 Å². The smallest absolute Gasteiger partial charge is 0.744 e. The van der Waals surface area contributed by atoms with Gasteiger partial charge in [0.1, 0.15) is 20.2 Å². The van der Waals surface area contributed by atoms with Crippen LogP contribution in [0.25, 0.3) is 21.5 Å². The summed E-state index contributed by atoms with van der Waals surface area (Å²) in [7, 11) is -8.92. The Morgan fingerprint density at radius 3 is 0.781 bits per heavy atom. The second-order valence-electron chi connectivity index (χ2n) is 21.5. The average molecular weight is 1170 g/mol. The maximum atomic E-state index is 11.8. The average Bonchev–Trinajstić information content (AvgIpc) is 3.36. The largest absolute Gasteiger partial charge is 2.00 e. The Balaban J connectivity index is 0.000000493. The van der Waals surface area contributed by atoms with E-state index in [1.165, 1.54) is 217 Å². The molecule has 0 aliphatic rings. The summed E-state index contributed by atoms with van der Waals surface area (Å²) in [5, 5.41) is 3.98. The summed E-state index contributed by atoms with van der Waals surface area (Å²) in [5.41, 5.74) is 4.66. The molecule has 4 rings (SSSR count). The molecule has 0 aliphatic carbocycles. The summed E-state index contributed by atoms with van der Waals surface area (Å²) in [6.07, 6.45) is 50.3. The molecule has 4 aromatic rings. The van der Waals surface area contributed by atoms with Gasteiger partial charge in [0.05, 0.1) is 9.79 Å². The third-order valence-electron chi connectivity index (χ3n) is 15.0. The number of hydrogen-bond donors (Lipinski definition) is 0. The van der Waals surface area contributed by atoms with Crippen molar-refractivity contribution in [2.24, 2.45) is 0 Å². The molecule has 0 aromatic heterocycles. The van der Waals surface area contributed by atoms with Crippen LogP contribution in [0.1, 0.15) is 281 Å². The van der Waals surface area contributed by atoms with Gasteiger partial charge in [-0.1, -0.05) is 270 Å². The predicted octanol–water partition coefficient (Wildman–Crippen LogP) is 19.4. The van der Waals surface area contributed by atoms with E-state index in [2.05, 4.69) is 52.0 Å². The molecule has 73 heavy (non-hydrogen) atoms. The topological polar surface area (TPSA) is 114 Å². The minimum atomic E-state index is -4.46. The standard InChI is InChI=1S/2C32H52O3S.Ba/c2*1-3-5-7-9-11-13-15-17-19-21-28-23-24-30-27-31(36(33,34)35)26-29(32(30)25-28)22-20-18-16-14-12-10-8-6-4-2;/h2*23-27H,3-22H2,1-2H3,(H,33,34,35);/q;;+2/p-2. The van der Waals surface area contributed by atoms with Crippen LogP contribution in [0.2, 0.25) is 0 Å². The Hall–Kier alpha value is -1.21. The molecular weight excluding hydrogens is 1070 g/mol. The Morgan fingerprint density at radius 1 is 0.301 bits per heavy atom. The normalized spacial score (nSPS) is 11.8. The van der Waals surface area contributed by atoms with Gasteiger partial charge in [0.2, 0.25) is 0 Å². The fraction of sp³-hybridized carbons (Fsp3) is 0.688. The van der Waals surface area contributed by atoms with E-state index in [1.807, 2.05) is 12.1 Å². The van der Waals surface area contributed by atoms with Gasteiger partial charge in [0.15, 0.2) is 0 Å². The van der Waals surface area contributed by atoms with Gasteiger partial charge in [-0.05, 0) is 119 Å². The number of unbranched alkanes of at least 4 members (excludes halogenated alkanes) is 32. The van der Waals surface area contributed by atoms with E-state index in [9.17, 15) is 25.9 Å². The predicted molar refractivity (Wildman–Crippen MR) is 313 cm³/mol. The molecule has 0 bridgehead atoms. The minimum absolute atomic E-state index is 0. The Morgan fingerprint density at radius 2 is 0.534 bits per heavy atom. The molecule has 4 aromatic carbocycles. The summed E-state index contributed by atoms with van der Waals surface area (Å²) in [6.45, 7) is 9.02. The molecular formula is C64H102BaO6S2. The van der Waals surface area contributed by atoms with E-state index in [0.717, 1.165) is 84.0 Å². The van der Waals surface area contributed by atoms with Crippen LogP contribution in [-0.4, -0.2) is 74.8 Å².